The molecule has 0 atom stereocenters. The minimum Gasteiger partial charge on any atom is -0.411 e. The first-order valence-corrected chi connectivity index (χ1v) is 9.16. The number of hydrogen-bond acceptors (Lipinski definition) is 7. The van der Waals surface area contributed by atoms with E-state index in [-0.39, 0.29) is 0 Å². The molecule has 0 aliphatic heterocycles. The summed E-state index contributed by atoms with van der Waals surface area (Å²) in [5.74, 6) is 1.90. The predicted molar refractivity (Wildman–Crippen MR) is 98.8 cm³/mol. The maximum absolute atomic E-state index is 5.99. The summed E-state index contributed by atoms with van der Waals surface area (Å²) in [6, 6.07) is 15.2. The number of hydrogen-bond donors (Lipinski definition) is 0. The van der Waals surface area contributed by atoms with E-state index in [2.05, 4.69) is 20.3 Å². The van der Waals surface area contributed by atoms with Crippen LogP contribution < -0.4 is 0 Å². The first kappa shape index (κ1) is 16.8. The van der Waals surface area contributed by atoms with Crippen molar-refractivity contribution in [2.24, 2.45) is 0 Å². The normalized spacial score (nSPS) is 11.0. The van der Waals surface area contributed by atoms with Crippen LogP contribution >= 0.6 is 23.4 Å². The SMILES string of the molecule is Cc1ccccc1-c1nnc(SCc2nc(-c3cccc(Cl)c3)no2)o1. The van der Waals surface area contributed by atoms with Crippen LogP contribution in [-0.2, 0) is 5.75 Å². The number of aromatic nitrogens is 4. The van der Waals surface area contributed by atoms with Gasteiger partial charge in [-0.25, -0.2) is 0 Å². The number of aryl methyl sites for hydroxylation is 1. The van der Waals surface area contributed by atoms with Crippen molar-refractivity contribution in [1.82, 2.24) is 20.3 Å². The number of thioether (sulfide) groups is 1. The summed E-state index contributed by atoms with van der Waals surface area (Å²) in [5.41, 5.74) is 2.81. The third-order valence-electron chi connectivity index (χ3n) is 3.65. The maximum Gasteiger partial charge on any atom is 0.277 e. The van der Waals surface area contributed by atoms with Gasteiger partial charge in [-0.15, -0.1) is 10.2 Å². The number of halogens is 1. The van der Waals surface area contributed by atoms with E-state index in [0.29, 0.717) is 33.6 Å². The first-order chi connectivity index (χ1) is 12.7. The van der Waals surface area contributed by atoms with Gasteiger partial charge in [-0.3, -0.25) is 0 Å². The summed E-state index contributed by atoms with van der Waals surface area (Å²) in [6.07, 6.45) is 0. The lowest BCUT2D eigenvalue weighted by atomic mass is 10.1. The number of benzene rings is 2. The highest BCUT2D eigenvalue weighted by molar-refractivity contribution is 7.98. The summed E-state index contributed by atoms with van der Waals surface area (Å²) in [6.45, 7) is 2.00. The molecule has 0 spiro atoms. The molecule has 8 heteroatoms. The Hall–Kier alpha value is -2.64. The van der Waals surface area contributed by atoms with Crippen LogP contribution in [0.4, 0.5) is 0 Å². The monoisotopic (exact) mass is 384 g/mol. The summed E-state index contributed by atoms with van der Waals surface area (Å²) >= 11 is 7.33. The zero-order valence-electron chi connectivity index (χ0n) is 13.7. The molecule has 0 bridgehead atoms. The zero-order chi connectivity index (χ0) is 17.9. The Morgan fingerprint density at radius 2 is 1.96 bits per heavy atom. The van der Waals surface area contributed by atoms with Crippen LogP contribution in [0.2, 0.25) is 5.02 Å². The van der Waals surface area contributed by atoms with Crippen LogP contribution in [0.1, 0.15) is 11.5 Å². The van der Waals surface area contributed by atoms with E-state index >= 15 is 0 Å². The molecule has 0 unspecified atom stereocenters. The van der Waals surface area contributed by atoms with E-state index in [4.69, 9.17) is 20.5 Å². The van der Waals surface area contributed by atoms with Crippen LogP contribution in [0, 0.1) is 6.92 Å². The molecule has 0 amide bonds. The Morgan fingerprint density at radius 1 is 1.08 bits per heavy atom. The lowest BCUT2D eigenvalue weighted by molar-refractivity contribution is 0.391. The highest BCUT2D eigenvalue weighted by Crippen LogP contribution is 2.27. The molecular formula is C18H13ClN4O2S. The van der Waals surface area contributed by atoms with Crippen LogP contribution in [0.5, 0.6) is 0 Å². The second-order valence-corrected chi connectivity index (χ2v) is 6.86. The van der Waals surface area contributed by atoms with Crippen molar-refractivity contribution in [1.29, 1.82) is 0 Å². The molecule has 2 heterocycles. The van der Waals surface area contributed by atoms with E-state index in [1.807, 2.05) is 43.3 Å². The smallest absolute Gasteiger partial charge is 0.277 e. The fraction of sp³-hybridized carbons (Fsp3) is 0.111. The van der Waals surface area contributed by atoms with Gasteiger partial charge in [0.15, 0.2) is 0 Å². The van der Waals surface area contributed by atoms with Gasteiger partial charge in [-0.1, -0.05) is 58.9 Å². The van der Waals surface area contributed by atoms with Gasteiger partial charge < -0.3 is 8.94 Å². The summed E-state index contributed by atoms with van der Waals surface area (Å²) in [7, 11) is 0. The molecule has 0 radical (unpaired) electrons. The maximum atomic E-state index is 5.99. The van der Waals surface area contributed by atoms with Gasteiger partial charge in [0.25, 0.3) is 5.22 Å². The lowest BCUT2D eigenvalue weighted by Gasteiger charge is -1.98. The number of nitrogens with zero attached hydrogens (tertiary/aromatic N) is 4. The molecule has 4 aromatic rings. The van der Waals surface area contributed by atoms with Crippen LogP contribution in [-0.4, -0.2) is 20.3 Å². The molecule has 4 rings (SSSR count). The molecule has 0 fully saturated rings. The molecule has 6 nitrogen and oxygen atoms in total. The summed E-state index contributed by atoms with van der Waals surface area (Å²) in [5, 5.41) is 13.2. The quantitative estimate of drug-likeness (QED) is 0.446. The summed E-state index contributed by atoms with van der Waals surface area (Å²) in [4.78, 5) is 4.37. The Labute approximate surface area is 158 Å². The Bertz CT molecular complexity index is 1050. The van der Waals surface area contributed by atoms with Gasteiger partial charge >= 0.3 is 0 Å². The lowest BCUT2D eigenvalue weighted by Crippen LogP contribution is -1.83. The van der Waals surface area contributed by atoms with Crippen molar-refractivity contribution >= 4 is 23.4 Å². The Balaban J connectivity index is 1.45. The van der Waals surface area contributed by atoms with Crippen molar-refractivity contribution < 1.29 is 8.94 Å². The molecule has 2 aromatic heterocycles. The Morgan fingerprint density at radius 3 is 2.81 bits per heavy atom. The minimum absolute atomic E-state index is 0.434. The molecular weight excluding hydrogens is 372 g/mol. The van der Waals surface area contributed by atoms with E-state index in [9.17, 15) is 0 Å². The van der Waals surface area contributed by atoms with Gasteiger partial charge in [0.2, 0.25) is 17.6 Å². The fourth-order valence-corrected chi connectivity index (χ4v) is 3.16. The largest absolute Gasteiger partial charge is 0.411 e. The fourth-order valence-electron chi connectivity index (χ4n) is 2.37. The van der Waals surface area contributed by atoms with Crippen LogP contribution in [0.25, 0.3) is 22.8 Å². The minimum atomic E-state index is 0.434. The van der Waals surface area contributed by atoms with E-state index in [1.165, 1.54) is 11.8 Å². The molecule has 0 N–H and O–H groups in total. The van der Waals surface area contributed by atoms with Gasteiger partial charge in [0.05, 0.1) is 5.75 Å². The van der Waals surface area contributed by atoms with Gasteiger partial charge in [-0.05, 0) is 30.7 Å². The highest BCUT2D eigenvalue weighted by Gasteiger charge is 2.14. The molecule has 130 valence electrons. The van der Waals surface area contributed by atoms with Crippen molar-refractivity contribution in [2.75, 3.05) is 0 Å². The summed E-state index contributed by atoms with van der Waals surface area (Å²) < 4.78 is 11.0. The van der Waals surface area contributed by atoms with Crippen LogP contribution in [0.15, 0.2) is 62.7 Å². The van der Waals surface area contributed by atoms with Crippen molar-refractivity contribution in [3.63, 3.8) is 0 Å². The Kier molecular flexibility index (Phi) is 4.73. The third kappa shape index (κ3) is 3.63. The first-order valence-electron chi connectivity index (χ1n) is 7.80. The third-order valence-corrected chi connectivity index (χ3v) is 4.69. The second kappa shape index (κ2) is 7.31. The van der Waals surface area contributed by atoms with Gasteiger partial charge in [0, 0.05) is 16.1 Å². The average Bonchev–Trinajstić information content (AvgIpc) is 3.30. The van der Waals surface area contributed by atoms with Crippen molar-refractivity contribution in [3.05, 3.63) is 65.0 Å². The van der Waals surface area contributed by atoms with E-state index < -0.39 is 0 Å². The van der Waals surface area contributed by atoms with Crippen LogP contribution in [0.3, 0.4) is 0 Å². The van der Waals surface area contributed by atoms with E-state index in [1.54, 1.807) is 12.1 Å². The molecule has 0 aliphatic rings. The molecule has 2 aromatic carbocycles. The average molecular weight is 385 g/mol. The molecule has 0 saturated carbocycles. The van der Waals surface area contributed by atoms with Gasteiger partial charge in [-0.2, -0.15) is 4.98 Å². The zero-order valence-corrected chi connectivity index (χ0v) is 15.3. The molecule has 0 aliphatic carbocycles. The standard InChI is InChI=1S/C18H13ClN4O2S/c1-11-5-2-3-8-14(11)17-21-22-18(24-17)26-10-15-20-16(23-25-15)12-6-4-7-13(19)9-12/h2-9H,10H2,1H3. The second-order valence-electron chi connectivity index (χ2n) is 5.50. The van der Waals surface area contributed by atoms with Crippen molar-refractivity contribution in [3.8, 4) is 22.8 Å². The van der Waals surface area contributed by atoms with E-state index in [0.717, 1.165) is 16.7 Å². The van der Waals surface area contributed by atoms with Crippen molar-refractivity contribution in [2.45, 2.75) is 17.9 Å². The topological polar surface area (TPSA) is 77.8 Å². The molecule has 0 saturated heterocycles. The predicted octanol–water partition coefficient (Wildman–Crippen LogP) is 5.04. The van der Waals surface area contributed by atoms with Gasteiger partial charge in [0.1, 0.15) is 0 Å². The number of rotatable bonds is 5. The highest BCUT2D eigenvalue weighted by atomic mass is 35.5. The molecule has 26 heavy (non-hydrogen) atoms.